The van der Waals surface area contributed by atoms with Crippen LogP contribution in [0, 0.1) is 6.92 Å². The molecule has 0 unspecified atom stereocenters. The van der Waals surface area contributed by atoms with Crippen LogP contribution in [0.2, 0.25) is 0 Å². The van der Waals surface area contributed by atoms with E-state index in [1.165, 1.54) is 5.56 Å². The number of rotatable bonds is 4. The molecule has 1 aliphatic rings. The molecule has 0 aliphatic carbocycles. The minimum atomic E-state index is -0.194. The van der Waals surface area contributed by atoms with Crippen molar-refractivity contribution >= 4 is 6.03 Å². The van der Waals surface area contributed by atoms with Gasteiger partial charge in [-0.05, 0) is 35.7 Å². The molecule has 0 spiro atoms. The molecule has 1 aliphatic heterocycles. The normalized spacial score (nSPS) is 12.0. The summed E-state index contributed by atoms with van der Waals surface area (Å²) in [5.41, 5.74) is 3.24. The molecule has 5 nitrogen and oxygen atoms in total. The van der Waals surface area contributed by atoms with Gasteiger partial charge in [0, 0.05) is 13.1 Å². The first kappa shape index (κ1) is 14.3. The number of fused-ring (bicyclic) bond motifs is 1. The maximum atomic E-state index is 11.9. The smallest absolute Gasteiger partial charge is 0.315 e. The molecule has 2 aromatic rings. The molecule has 2 amide bonds. The van der Waals surface area contributed by atoms with Crippen LogP contribution < -0.4 is 20.1 Å². The Hall–Kier alpha value is -2.69. The van der Waals surface area contributed by atoms with Gasteiger partial charge in [0.1, 0.15) is 0 Å². The summed E-state index contributed by atoms with van der Waals surface area (Å²) in [6, 6.07) is 13.4. The summed E-state index contributed by atoms with van der Waals surface area (Å²) in [5.74, 6) is 1.47. The third kappa shape index (κ3) is 3.31. The van der Waals surface area contributed by atoms with Gasteiger partial charge in [0.2, 0.25) is 6.79 Å². The summed E-state index contributed by atoms with van der Waals surface area (Å²) in [6.45, 7) is 3.24. The van der Waals surface area contributed by atoms with Gasteiger partial charge in [0.15, 0.2) is 11.5 Å². The molecule has 2 aromatic carbocycles. The number of amides is 2. The number of benzene rings is 2. The highest BCUT2D eigenvalue weighted by Gasteiger charge is 2.13. The molecule has 5 heteroatoms. The molecule has 3 rings (SSSR count). The Kier molecular flexibility index (Phi) is 4.14. The van der Waals surface area contributed by atoms with Crippen molar-refractivity contribution in [1.29, 1.82) is 0 Å². The average molecular weight is 298 g/mol. The molecular weight excluding hydrogens is 280 g/mol. The summed E-state index contributed by atoms with van der Waals surface area (Å²) in [6.07, 6.45) is 0. The minimum Gasteiger partial charge on any atom is -0.454 e. The third-order valence-corrected chi connectivity index (χ3v) is 3.59. The van der Waals surface area contributed by atoms with Crippen molar-refractivity contribution in [2.75, 3.05) is 6.79 Å². The molecule has 1 heterocycles. The standard InChI is InChI=1S/C17H18N2O3/c1-12-4-2-3-5-14(12)10-19-17(20)18-9-13-6-7-15-16(8-13)22-11-21-15/h2-8H,9-11H2,1H3,(H2,18,19,20). The molecule has 0 saturated heterocycles. The van der Waals surface area contributed by atoms with E-state index in [-0.39, 0.29) is 12.8 Å². The van der Waals surface area contributed by atoms with Crippen molar-refractivity contribution < 1.29 is 14.3 Å². The van der Waals surface area contributed by atoms with Crippen LogP contribution in [0.3, 0.4) is 0 Å². The molecule has 0 radical (unpaired) electrons. The minimum absolute atomic E-state index is 0.194. The number of nitrogens with one attached hydrogen (secondary N) is 2. The monoisotopic (exact) mass is 298 g/mol. The van der Waals surface area contributed by atoms with Crippen LogP contribution >= 0.6 is 0 Å². The summed E-state index contributed by atoms with van der Waals surface area (Å²) < 4.78 is 10.6. The van der Waals surface area contributed by atoms with E-state index in [1.807, 2.05) is 49.4 Å². The first-order valence-electron chi connectivity index (χ1n) is 7.17. The zero-order valence-corrected chi connectivity index (χ0v) is 12.4. The molecular formula is C17H18N2O3. The maximum Gasteiger partial charge on any atom is 0.315 e. The fraction of sp³-hybridized carbons (Fsp3) is 0.235. The second kappa shape index (κ2) is 6.39. The Balaban J connectivity index is 1.49. The van der Waals surface area contributed by atoms with E-state index in [0.29, 0.717) is 13.1 Å². The van der Waals surface area contributed by atoms with Gasteiger partial charge < -0.3 is 20.1 Å². The van der Waals surface area contributed by atoms with Crippen molar-refractivity contribution in [1.82, 2.24) is 10.6 Å². The molecule has 0 aromatic heterocycles. The van der Waals surface area contributed by atoms with E-state index in [2.05, 4.69) is 10.6 Å². The molecule has 0 bridgehead atoms. The number of urea groups is 1. The zero-order valence-electron chi connectivity index (χ0n) is 12.4. The predicted molar refractivity (Wildman–Crippen MR) is 82.8 cm³/mol. The first-order valence-corrected chi connectivity index (χ1v) is 7.17. The van der Waals surface area contributed by atoms with Crippen molar-refractivity contribution in [2.45, 2.75) is 20.0 Å². The van der Waals surface area contributed by atoms with Gasteiger partial charge in [-0.1, -0.05) is 30.3 Å². The van der Waals surface area contributed by atoms with Crippen LogP contribution in [0.5, 0.6) is 11.5 Å². The summed E-state index contributed by atoms with van der Waals surface area (Å²) in [5, 5.41) is 5.69. The Bertz CT molecular complexity index is 685. The number of ether oxygens (including phenoxy) is 2. The van der Waals surface area contributed by atoms with E-state index in [0.717, 1.165) is 22.6 Å². The fourth-order valence-electron chi connectivity index (χ4n) is 2.28. The number of carbonyl (C=O) groups excluding carboxylic acids is 1. The second-order valence-corrected chi connectivity index (χ2v) is 5.15. The van der Waals surface area contributed by atoms with E-state index >= 15 is 0 Å². The van der Waals surface area contributed by atoms with Gasteiger partial charge in [-0.3, -0.25) is 0 Å². The quantitative estimate of drug-likeness (QED) is 0.912. The third-order valence-electron chi connectivity index (χ3n) is 3.59. The van der Waals surface area contributed by atoms with Crippen LogP contribution in [0.1, 0.15) is 16.7 Å². The number of hydrogen-bond acceptors (Lipinski definition) is 3. The Morgan fingerprint density at radius 2 is 1.82 bits per heavy atom. The SMILES string of the molecule is Cc1ccccc1CNC(=O)NCc1ccc2c(c1)OCO2. The largest absolute Gasteiger partial charge is 0.454 e. The molecule has 114 valence electrons. The first-order chi connectivity index (χ1) is 10.7. The zero-order chi connectivity index (χ0) is 15.4. The predicted octanol–water partition coefficient (Wildman–Crippen LogP) is 2.72. The lowest BCUT2D eigenvalue weighted by atomic mass is 10.1. The van der Waals surface area contributed by atoms with Gasteiger partial charge in [-0.2, -0.15) is 0 Å². The number of carbonyl (C=O) groups is 1. The van der Waals surface area contributed by atoms with Crippen LogP contribution in [-0.2, 0) is 13.1 Å². The van der Waals surface area contributed by atoms with Crippen molar-refractivity contribution in [2.24, 2.45) is 0 Å². The van der Waals surface area contributed by atoms with Crippen molar-refractivity contribution in [3.05, 3.63) is 59.2 Å². The van der Waals surface area contributed by atoms with E-state index in [1.54, 1.807) is 0 Å². The van der Waals surface area contributed by atoms with E-state index in [4.69, 9.17) is 9.47 Å². The van der Waals surface area contributed by atoms with Crippen LogP contribution in [0.4, 0.5) is 4.79 Å². The van der Waals surface area contributed by atoms with Gasteiger partial charge in [0.05, 0.1) is 0 Å². The van der Waals surface area contributed by atoms with Crippen LogP contribution in [0.25, 0.3) is 0 Å². The van der Waals surface area contributed by atoms with E-state index < -0.39 is 0 Å². The number of hydrogen-bond donors (Lipinski definition) is 2. The van der Waals surface area contributed by atoms with Gasteiger partial charge in [-0.15, -0.1) is 0 Å². The molecule has 22 heavy (non-hydrogen) atoms. The highest BCUT2D eigenvalue weighted by Crippen LogP contribution is 2.32. The van der Waals surface area contributed by atoms with Crippen LogP contribution in [0.15, 0.2) is 42.5 Å². The van der Waals surface area contributed by atoms with Crippen molar-refractivity contribution in [3.8, 4) is 11.5 Å². The molecule has 0 atom stereocenters. The Morgan fingerprint density at radius 3 is 2.68 bits per heavy atom. The Morgan fingerprint density at radius 1 is 1.05 bits per heavy atom. The highest BCUT2D eigenvalue weighted by atomic mass is 16.7. The molecule has 2 N–H and O–H groups in total. The molecule has 0 fully saturated rings. The van der Waals surface area contributed by atoms with E-state index in [9.17, 15) is 4.79 Å². The topological polar surface area (TPSA) is 59.6 Å². The Labute approximate surface area is 129 Å². The lowest BCUT2D eigenvalue weighted by Gasteiger charge is -2.09. The summed E-state index contributed by atoms with van der Waals surface area (Å²) in [4.78, 5) is 11.9. The fourth-order valence-corrected chi connectivity index (χ4v) is 2.28. The van der Waals surface area contributed by atoms with Gasteiger partial charge in [0.25, 0.3) is 0 Å². The summed E-state index contributed by atoms with van der Waals surface area (Å²) >= 11 is 0. The summed E-state index contributed by atoms with van der Waals surface area (Å²) in [7, 11) is 0. The highest BCUT2D eigenvalue weighted by molar-refractivity contribution is 5.73. The van der Waals surface area contributed by atoms with Crippen molar-refractivity contribution in [3.63, 3.8) is 0 Å². The van der Waals surface area contributed by atoms with Gasteiger partial charge >= 0.3 is 6.03 Å². The average Bonchev–Trinajstić information content (AvgIpc) is 2.99. The lowest BCUT2D eigenvalue weighted by molar-refractivity contribution is 0.174. The maximum absolute atomic E-state index is 11.9. The lowest BCUT2D eigenvalue weighted by Crippen LogP contribution is -2.34. The second-order valence-electron chi connectivity index (χ2n) is 5.15. The van der Waals surface area contributed by atoms with Crippen LogP contribution in [-0.4, -0.2) is 12.8 Å². The van der Waals surface area contributed by atoms with Gasteiger partial charge in [-0.25, -0.2) is 4.79 Å². The number of aryl methyl sites for hydroxylation is 1. The molecule has 0 saturated carbocycles.